The Bertz CT molecular complexity index is 1340. The van der Waals surface area contributed by atoms with Gasteiger partial charge in [-0.3, -0.25) is 9.78 Å². The van der Waals surface area contributed by atoms with E-state index >= 15 is 0 Å². The molecule has 2 aromatic heterocycles. The summed E-state index contributed by atoms with van der Waals surface area (Å²) in [6.07, 6.45) is 3.31. The van der Waals surface area contributed by atoms with Crippen LogP contribution in [0.1, 0.15) is 20.7 Å². The predicted octanol–water partition coefficient (Wildman–Crippen LogP) is 3.30. The molecule has 166 valence electrons. The zero-order chi connectivity index (χ0) is 23.4. The maximum absolute atomic E-state index is 12.7. The van der Waals surface area contributed by atoms with E-state index in [0.717, 1.165) is 17.3 Å². The summed E-state index contributed by atoms with van der Waals surface area (Å²) in [5.74, 6) is -2.13. The maximum Gasteiger partial charge on any atom is 0.335 e. The number of aliphatic carboxylic acids is 1. The third kappa shape index (κ3) is 5.18. The zero-order valence-electron chi connectivity index (χ0n) is 17.1. The van der Waals surface area contributed by atoms with E-state index in [0.29, 0.717) is 21.8 Å². The topological polar surface area (TPSA) is 145 Å². The number of hydrogen-bond acceptors (Lipinski definition) is 6. The van der Waals surface area contributed by atoms with E-state index in [1.165, 1.54) is 12.1 Å². The van der Waals surface area contributed by atoms with Crippen LogP contribution >= 0.6 is 11.8 Å². The highest BCUT2D eigenvalue weighted by molar-refractivity contribution is 7.99. The summed E-state index contributed by atoms with van der Waals surface area (Å²) in [5.41, 5.74) is 2.55. The molecule has 1 unspecified atom stereocenters. The summed E-state index contributed by atoms with van der Waals surface area (Å²) >= 11 is 1.15. The first kappa shape index (κ1) is 22.0. The molecule has 4 aromatic rings. The van der Waals surface area contributed by atoms with Crippen LogP contribution in [0.4, 0.5) is 0 Å². The molecular formula is C23H18N4O5S. The molecule has 0 aliphatic heterocycles. The fraction of sp³-hybridized carbons (Fsp3) is 0.0870. The number of aromatic carboxylic acids is 1. The van der Waals surface area contributed by atoms with Gasteiger partial charge >= 0.3 is 11.9 Å². The SMILES string of the molecule is O=C(O)c1cccc(SCC(NC(=O)c2ccc3nc(-c4ccncc4)[nH]c3c2)C(=O)O)c1. The number of hydrogen-bond donors (Lipinski definition) is 4. The fourth-order valence-electron chi connectivity index (χ4n) is 3.11. The second-order valence-corrected chi connectivity index (χ2v) is 8.15. The number of nitrogens with one attached hydrogen (secondary N) is 2. The Morgan fingerprint density at radius 1 is 1.00 bits per heavy atom. The molecule has 0 saturated carbocycles. The lowest BCUT2D eigenvalue weighted by atomic mass is 10.1. The summed E-state index contributed by atoms with van der Waals surface area (Å²) < 4.78 is 0. The molecule has 0 aliphatic rings. The van der Waals surface area contributed by atoms with Gasteiger partial charge in [-0.05, 0) is 48.5 Å². The summed E-state index contributed by atoms with van der Waals surface area (Å²) in [7, 11) is 0. The first-order chi connectivity index (χ1) is 15.9. The van der Waals surface area contributed by atoms with Gasteiger partial charge in [-0.25, -0.2) is 14.6 Å². The lowest BCUT2D eigenvalue weighted by Crippen LogP contribution is -2.42. The van der Waals surface area contributed by atoms with E-state index in [-0.39, 0.29) is 16.9 Å². The average molecular weight is 462 g/mol. The third-order valence-corrected chi connectivity index (χ3v) is 5.89. The molecule has 0 fully saturated rings. The number of carboxylic acid groups (broad SMARTS) is 2. The number of fused-ring (bicyclic) bond motifs is 1. The predicted molar refractivity (Wildman–Crippen MR) is 122 cm³/mol. The Hall–Kier alpha value is -4.18. The normalized spacial score (nSPS) is 11.8. The van der Waals surface area contributed by atoms with Crippen molar-refractivity contribution in [2.45, 2.75) is 10.9 Å². The second-order valence-electron chi connectivity index (χ2n) is 7.06. The minimum atomic E-state index is -1.19. The number of carbonyl (C=O) groups excluding carboxylic acids is 1. The first-order valence-corrected chi connectivity index (χ1v) is 10.8. The van der Waals surface area contributed by atoms with E-state index in [1.54, 1.807) is 42.7 Å². The van der Waals surface area contributed by atoms with Gasteiger partial charge in [0, 0.05) is 34.2 Å². The monoisotopic (exact) mass is 462 g/mol. The first-order valence-electron chi connectivity index (χ1n) is 9.81. The Kier molecular flexibility index (Phi) is 6.36. The van der Waals surface area contributed by atoms with Crippen LogP contribution in [0.5, 0.6) is 0 Å². The van der Waals surface area contributed by atoms with Gasteiger partial charge in [-0.15, -0.1) is 11.8 Å². The van der Waals surface area contributed by atoms with E-state index in [2.05, 4.69) is 20.3 Å². The van der Waals surface area contributed by atoms with Crippen LogP contribution in [0.2, 0.25) is 0 Å². The molecule has 10 heteroatoms. The Labute approximate surface area is 191 Å². The van der Waals surface area contributed by atoms with Gasteiger partial charge < -0.3 is 20.5 Å². The van der Waals surface area contributed by atoms with E-state index < -0.39 is 23.9 Å². The molecule has 4 N–H and O–H groups in total. The van der Waals surface area contributed by atoms with E-state index in [4.69, 9.17) is 5.11 Å². The molecular weight excluding hydrogens is 444 g/mol. The quantitative estimate of drug-likeness (QED) is 0.292. The summed E-state index contributed by atoms with van der Waals surface area (Å²) in [4.78, 5) is 47.8. The molecule has 0 aliphatic carbocycles. The van der Waals surface area contributed by atoms with Gasteiger partial charge in [0.05, 0.1) is 16.6 Å². The van der Waals surface area contributed by atoms with Gasteiger partial charge in [0.1, 0.15) is 11.9 Å². The van der Waals surface area contributed by atoms with Crippen molar-refractivity contribution < 1.29 is 24.6 Å². The van der Waals surface area contributed by atoms with E-state index in [1.807, 2.05) is 12.1 Å². The summed E-state index contributed by atoms with van der Waals surface area (Å²) in [6, 6.07) is 13.5. The van der Waals surface area contributed by atoms with Crippen molar-refractivity contribution >= 4 is 40.6 Å². The van der Waals surface area contributed by atoms with Crippen LogP contribution < -0.4 is 5.32 Å². The van der Waals surface area contributed by atoms with Gasteiger partial charge in [-0.1, -0.05) is 6.07 Å². The van der Waals surface area contributed by atoms with Gasteiger partial charge in [-0.2, -0.15) is 0 Å². The number of rotatable bonds is 8. The molecule has 2 heterocycles. The van der Waals surface area contributed by atoms with Crippen LogP contribution in [-0.4, -0.2) is 54.8 Å². The van der Waals surface area contributed by atoms with Crippen molar-refractivity contribution in [2.75, 3.05) is 5.75 Å². The minimum Gasteiger partial charge on any atom is -0.480 e. The Balaban J connectivity index is 1.47. The molecule has 1 atom stereocenters. The van der Waals surface area contributed by atoms with Gasteiger partial charge in [0.2, 0.25) is 0 Å². The second kappa shape index (κ2) is 9.53. The van der Waals surface area contributed by atoms with Crippen LogP contribution in [0.15, 0.2) is 71.9 Å². The van der Waals surface area contributed by atoms with Gasteiger partial charge in [0.25, 0.3) is 5.91 Å². The highest BCUT2D eigenvalue weighted by atomic mass is 32.2. The number of thioether (sulfide) groups is 1. The van der Waals surface area contributed by atoms with Crippen molar-refractivity contribution in [2.24, 2.45) is 0 Å². The largest absolute Gasteiger partial charge is 0.480 e. The summed E-state index contributed by atoms with van der Waals surface area (Å²) in [5, 5.41) is 21.2. The molecule has 0 bridgehead atoms. The molecule has 1 amide bonds. The number of pyridine rings is 1. The maximum atomic E-state index is 12.7. The van der Waals surface area contributed by atoms with Crippen LogP contribution in [-0.2, 0) is 4.79 Å². The Morgan fingerprint density at radius 2 is 1.79 bits per heavy atom. The Morgan fingerprint density at radius 3 is 2.52 bits per heavy atom. The number of benzene rings is 2. The number of carboxylic acids is 2. The molecule has 9 nitrogen and oxygen atoms in total. The van der Waals surface area contributed by atoms with Crippen molar-refractivity contribution in [3.63, 3.8) is 0 Å². The fourth-order valence-corrected chi connectivity index (χ4v) is 4.08. The molecule has 0 saturated heterocycles. The minimum absolute atomic E-state index is 0.0304. The smallest absolute Gasteiger partial charge is 0.335 e. The molecule has 4 rings (SSSR count). The van der Waals surface area contributed by atoms with Crippen molar-refractivity contribution in [3.8, 4) is 11.4 Å². The van der Waals surface area contributed by atoms with Crippen molar-refractivity contribution in [3.05, 3.63) is 78.1 Å². The molecule has 33 heavy (non-hydrogen) atoms. The van der Waals surface area contributed by atoms with Crippen LogP contribution in [0.25, 0.3) is 22.4 Å². The zero-order valence-corrected chi connectivity index (χ0v) is 17.9. The van der Waals surface area contributed by atoms with Crippen LogP contribution in [0.3, 0.4) is 0 Å². The van der Waals surface area contributed by atoms with E-state index in [9.17, 15) is 19.5 Å². The standard InChI is InChI=1S/C23H18N4O5S/c28-21(27-19(23(31)32)12-33-16-3-1-2-15(10-16)22(29)30)14-4-5-17-18(11-14)26-20(25-17)13-6-8-24-9-7-13/h1-11,19H,12H2,(H,25,26)(H,27,28)(H,29,30)(H,31,32). The highest BCUT2D eigenvalue weighted by Gasteiger charge is 2.22. The molecule has 0 radical (unpaired) electrons. The third-order valence-electron chi connectivity index (χ3n) is 4.80. The highest BCUT2D eigenvalue weighted by Crippen LogP contribution is 2.22. The van der Waals surface area contributed by atoms with Crippen molar-refractivity contribution in [1.82, 2.24) is 20.3 Å². The number of carbonyl (C=O) groups is 3. The number of amides is 1. The molecule has 0 spiro atoms. The number of imidazole rings is 1. The number of nitrogens with zero attached hydrogens (tertiary/aromatic N) is 2. The lowest BCUT2D eigenvalue weighted by Gasteiger charge is -2.14. The van der Waals surface area contributed by atoms with Crippen LogP contribution in [0, 0.1) is 0 Å². The molecule has 2 aromatic carbocycles. The lowest BCUT2D eigenvalue weighted by molar-refractivity contribution is -0.138. The summed E-state index contributed by atoms with van der Waals surface area (Å²) in [6.45, 7) is 0. The number of aromatic nitrogens is 3. The van der Waals surface area contributed by atoms with Crippen molar-refractivity contribution in [1.29, 1.82) is 0 Å². The van der Waals surface area contributed by atoms with Gasteiger partial charge in [0.15, 0.2) is 0 Å². The average Bonchev–Trinajstić information content (AvgIpc) is 3.25. The number of H-pyrrole nitrogens is 1. The number of aromatic amines is 1.